The molecule has 0 saturated carbocycles. The molecule has 3 nitrogen and oxygen atoms in total. The lowest BCUT2D eigenvalue weighted by Gasteiger charge is -2.19. The average molecular weight is 202 g/mol. The highest BCUT2D eigenvalue weighted by Crippen LogP contribution is 2.24. The Kier molecular flexibility index (Phi) is 2.91. The fourth-order valence-corrected chi connectivity index (χ4v) is 1.89. The summed E-state index contributed by atoms with van der Waals surface area (Å²) in [6.45, 7) is 5.43. The van der Waals surface area contributed by atoms with E-state index in [-0.39, 0.29) is 5.76 Å². The molecule has 4 heteroatoms. The van der Waals surface area contributed by atoms with Crippen molar-refractivity contribution >= 4 is 17.7 Å². The van der Waals surface area contributed by atoms with E-state index in [9.17, 15) is 9.90 Å². The normalized spacial score (nSPS) is 17.8. The van der Waals surface area contributed by atoms with Crippen LogP contribution < -0.4 is 0 Å². The molecule has 0 atom stereocenters. The van der Waals surface area contributed by atoms with Gasteiger partial charge in [-0.25, -0.2) is 4.79 Å². The van der Waals surface area contributed by atoms with Gasteiger partial charge in [-0.1, -0.05) is 0 Å². The molecule has 0 saturated heterocycles. The van der Waals surface area contributed by atoms with Crippen LogP contribution in [0.4, 0.5) is 0 Å². The van der Waals surface area contributed by atoms with Crippen LogP contribution in [0.3, 0.4) is 0 Å². The molecule has 1 rings (SSSR count). The quantitative estimate of drug-likeness (QED) is 0.659. The van der Waals surface area contributed by atoms with Gasteiger partial charge >= 0.3 is 5.97 Å². The van der Waals surface area contributed by atoms with Gasteiger partial charge in [-0.2, -0.15) is 0 Å². The van der Waals surface area contributed by atoms with Crippen molar-refractivity contribution in [1.29, 1.82) is 0 Å². The van der Waals surface area contributed by atoms with E-state index in [2.05, 4.69) is 0 Å². The minimum atomic E-state index is -0.488. The van der Waals surface area contributed by atoms with Crippen molar-refractivity contribution in [3.8, 4) is 0 Å². The Morgan fingerprint density at radius 2 is 2.08 bits per heavy atom. The molecule has 0 aromatic rings. The Morgan fingerprint density at radius 3 is 2.46 bits per heavy atom. The number of thioether (sulfide) groups is 1. The number of esters is 1. The van der Waals surface area contributed by atoms with Crippen molar-refractivity contribution in [2.24, 2.45) is 0 Å². The molecule has 1 N–H and O–H groups in total. The van der Waals surface area contributed by atoms with Crippen LogP contribution >= 0.6 is 11.8 Å². The second kappa shape index (κ2) is 3.62. The molecule has 0 fully saturated rings. The van der Waals surface area contributed by atoms with E-state index >= 15 is 0 Å². The summed E-state index contributed by atoms with van der Waals surface area (Å²) in [5.41, 5.74) is -0.0719. The second-order valence-electron chi connectivity index (χ2n) is 3.92. The minimum Gasteiger partial charge on any atom is -0.511 e. The van der Waals surface area contributed by atoms with Gasteiger partial charge in [0.25, 0.3) is 0 Å². The summed E-state index contributed by atoms with van der Waals surface area (Å²) >= 11 is 1.52. The van der Waals surface area contributed by atoms with Crippen LogP contribution in [-0.4, -0.2) is 28.2 Å². The first-order chi connectivity index (χ1) is 5.90. The number of aliphatic hydroxyl groups is 1. The van der Waals surface area contributed by atoms with Crippen molar-refractivity contribution in [3.05, 3.63) is 11.3 Å². The lowest BCUT2D eigenvalue weighted by atomic mass is 10.2. The van der Waals surface area contributed by atoms with E-state index in [1.54, 1.807) is 0 Å². The molecule has 0 aromatic carbocycles. The van der Waals surface area contributed by atoms with Gasteiger partial charge in [0, 0.05) is 5.75 Å². The zero-order valence-electron chi connectivity index (χ0n) is 8.09. The zero-order chi connectivity index (χ0) is 10.1. The van der Waals surface area contributed by atoms with Gasteiger partial charge in [-0.05, 0) is 20.8 Å². The highest BCUT2D eigenvalue weighted by molar-refractivity contribution is 7.99. The molecule has 0 bridgehead atoms. The fraction of sp³-hybridized carbons (Fsp3) is 0.667. The van der Waals surface area contributed by atoms with Gasteiger partial charge in [0.1, 0.15) is 11.4 Å². The lowest BCUT2D eigenvalue weighted by molar-refractivity contribution is -0.149. The number of carbonyl (C=O) groups excluding carboxylic acids is 1. The highest BCUT2D eigenvalue weighted by Gasteiger charge is 2.25. The van der Waals surface area contributed by atoms with Crippen LogP contribution in [0, 0.1) is 0 Å². The lowest BCUT2D eigenvalue weighted by Crippen LogP contribution is -2.25. The molecule has 0 radical (unpaired) electrons. The molecule has 13 heavy (non-hydrogen) atoms. The SMILES string of the molecule is CC(C)(C)OC(=O)C1=C(O)CSC1. The molecule has 0 unspecified atom stereocenters. The third-order valence-electron chi connectivity index (χ3n) is 1.48. The van der Waals surface area contributed by atoms with Gasteiger partial charge in [0.05, 0.1) is 11.3 Å². The molecule has 1 aliphatic rings. The topological polar surface area (TPSA) is 46.5 Å². The Balaban J connectivity index is 2.64. The summed E-state index contributed by atoms with van der Waals surface area (Å²) < 4.78 is 5.12. The Hall–Kier alpha value is -0.640. The highest BCUT2D eigenvalue weighted by atomic mass is 32.2. The van der Waals surface area contributed by atoms with Crippen molar-refractivity contribution in [1.82, 2.24) is 0 Å². The first kappa shape index (κ1) is 10.4. The van der Waals surface area contributed by atoms with Crippen LogP contribution in [0.2, 0.25) is 0 Å². The van der Waals surface area contributed by atoms with Gasteiger partial charge in [-0.3, -0.25) is 0 Å². The molecule has 0 spiro atoms. The summed E-state index contributed by atoms with van der Waals surface area (Å²) in [5.74, 6) is 0.851. The maximum absolute atomic E-state index is 11.4. The predicted octanol–water partition coefficient (Wildman–Crippen LogP) is 1.89. The third kappa shape index (κ3) is 2.95. The van der Waals surface area contributed by atoms with Gasteiger partial charge in [0.2, 0.25) is 0 Å². The Labute approximate surface area is 82.2 Å². The number of hydrogen-bond acceptors (Lipinski definition) is 4. The maximum atomic E-state index is 11.4. The molecular formula is C9H14O3S. The summed E-state index contributed by atoms with van der Waals surface area (Å²) in [7, 11) is 0. The maximum Gasteiger partial charge on any atom is 0.338 e. The summed E-state index contributed by atoms with van der Waals surface area (Å²) in [5, 5.41) is 9.31. The van der Waals surface area contributed by atoms with Crippen LogP contribution in [0.1, 0.15) is 20.8 Å². The molecular weight excluding hydrogens is 188 g/mol. The minimum absolute atomic E-state index is 0.166. The van der Waals surface area contributed by atoms with Crippen molar-refractivity contribution in [2.45, 2.75) is 26.4 Å². The summed E-state index contributed by atoms with van der Waals surface area (Å²) in [6.07, 6.45) is 0. The largest absolute Gasteiger partial charge is 0.511 e. The van der Waals surface area contributed by atoms with Gasteiger partial charge in [0.15, 0.2) is 0 Å². The van der Waals surface area contributed by atoms with Crippen molar-refractivity contribution in [3.63, 3.8) is 0 Å². The fourth-order valence-electron chi connectivity index (χ4n) is 0.937. The Morgan fingerprint density at radius 1 is 1.46 bits per heavy atom. The van der Waals surface area contributed by atoms with Crippen LogP contribution in [0.15, 0.2) is 11.3 Å². The molecule has 0 amide bonds. The smallest absolute Gasteiger partial charge is 0.338 e. The number of carbonyl (C=O) groups is 1. The van der Waals surface area contributed by atoms with E-state index in [4.69, 9.17) is 4.74 Å². The van der Waals surface area contributed by atoms with E-state index in [0.29, 0.717) is 17.1 Å². The van der Waals surface area contributed by atoms with E-state index < -0.39 is 11.6 Å². The predicted molar refractivity (Wildman–Crippen MR) is 52.8 cm³/mol. The van der Waals surface area contributed by atoms with E-state index in [1.807, 2.05) is 20.8 Å². The molecule has 1 heterocycles. The zero-order valence-corrected chi connectivity index (χ0v) is 8.90. The van der Waals surface area contributed by atoms with Crippen molar-refractivity contribution < 1.29 is 14.6 Å². The first-order valence-electron chi connectivity index (χ1n) is 4.12. The summed E-state index contributed by atoms with van der Waals surface area (Å²) in [4.78, 5) is 11.4. The molecule has 0 aromatic heterocycles. The van der Waals surface area contributed by atoms with Crippen LogP contribution in [-0.2, 0) is 9.53 Å². The van der Waals surface area contributed by atoms with Gasteiger partial charge < -0.3 is 9.84 Å². The van der Waals surface area contributed by atoms with E-state index in [1.165, 1.54) is 11.8 Å². The van der Waals surface area contributed by atoms with Crippen molar-refractivity contribution in [2.75, 3.05) is 11.5 Å². The number of rotatable bonds is 1. The Bertz CT molecular complexity index is 250. The standard InChI is InChI=1S/C9H14O3S/c1-9(2,3)12-8(11)6-4-13-5-7(6)10/h10H,4-5H2,1-3H3. The van der Waals surface area contributed by atoms with E-state index in [0.717, 1.165) is 0 Å². The second-order valence-corrected chi connectivity index (χ2v) is 4.91. The molecule has 1 aliphatic heterocycles. The molecule has 74 valence electrons. The third-order valence-corrected chi connectivity index (χ3v) is 2.45. The number of aliphatic hydroxyl groups excluding tert-OH is 1. The number of hydrogen-bond donors (Lipinski definition) is 1. The van der Waals surface area contributed by atoms with Gasteiger partial charge in [-0.15, -0.1) is 11.8 Å². The molecule has 0 aliphatic carbocycles. The monoisotopic (exact) mass is 202 g/mol. The number of ether oxygens (including phenoxy) is 1. The average Bonchev–Trinajstić information content (AvgIpc) is 2.30. The van der Waals surface area contributed by atoms with Crippen LogP contribution in [0.25, 0.3) is 0 Å². The first-order valence-corrected chi connectivity index (χ1v) is 5.28. The van der Waals surface area contributed by atoms with Crippen LogP contribution in [0.5, 0.6) is 0 Å². The summed E-state index contributed by atoms with van der Waals surface area (Å²) in [6, 6.07) is 0.